The fourth-order valence-electron chi connectivity index (χ4n) is 4.28. The molecule has 0 bridgehead atoms. The molecule has 0 aromatic carbocycles. The van der Waals surface area contributed by atoms with E-state index in [1.807, 2.05) is 0 Å². The lowest BCUT2D eigenvalue weighted by Crippen LogP contribution is -2.41. The zero-order chi connectivity index (χ0) is 18.9. The number of pyridine rings is 1. The number of hydrogen-bond acceptors (Lipinski definition) is 5. The van der Waals surface area contributed by atoms with Gasteiger partial charge in [-0.15, -0.1) is 0 Å². The highest BCUT2D eigenvalue weighted by atomic mass is 35.5. The van der Waals surface area contributed by atoms with Crippen LogP contribution in [0.15, 0.2) is 12.3 Å². The minimum Gasteiger partial charge on any atom is -0.476 e. The highest BCUT2D eigenvalue weighted by molar-refractivity contribution is 6.32. The van der Waals surface area contributed by atoms with Gasteiger partial charge in [-0.05, 0) is 50.5 Å². The molecule has 2 aliphatic carbocycles. The second-order valence-electron chi connectivity index (χ2n) is 8.19. The number of halogens is 1. The van der Waals surface area contributed by atoms with Crippen molar-refractivity contribution in [3.63, 3.8) is 0 Å². The lowest BCUT2D eigenvalue weighted by atomic mass is 9.76. The lowest BCUT2D eigenvalue weighted by Gasteiger charge is -2.37. The molecule has 1 amide bonds. The average Bonchev–Trinajstić information content (AvgIpc) is 3.47. The summed E-state index contributed by atoms with van der Waals surface area (Å²) in [4.78, 5) is 16.6. The quantitative estimate of drug-likeness (QED) is 0.775. The SMILES string of the molecule is O=C(NCC1CCC2(CCOCC2)C1O)c1cnc(OCC2CC2)c(Cl)c1. The van der Waals surface area contributed by atoms with Crippen LogP contribution in [0.4, 0.5) is 0 Å². The molecular weight excluding hydrogens is 368 g/mol. The van der Waals surface area contributed by atoms with Crippen molar-refractivity contribution in [3.8, 4) is 5.88 Å². The molecule has 3 aliphatic rings. The molecule has 2 N–H and O–H groups in total. The molecule has 1 saturated heterocycles. The third-order valence-electron chi connectivity index (χ3n) is 6.32. The lowest BCUT2D eigenvalue weighted by molar-refractivity contribution is -0.0555. The fraction of sp³-hybridized carbons (Fsp3) is 0.700. The van der Waals surface area contributed by atoms with E-state index < -0.39 is 0 Å². The Hall–Kier alpha value is -1.37. The smallest absolute Gasteiger partial charge is 0.252 e. The van der Waals surface area contributed by atoms with Crippen LogP contribution < -0.4 is 10.1 Å². The number of aromatic nitrogens is 1. The molecule has 1 aliphatic heterocycles. The molecule has 27 heavy (non-hydrogen) atoms. The van der Waals surface area contributed by atoms with E-state index in [1.165, 1.54) is 19.0 Å². The Morgan fingerprint density at radius 3 is 2.81 bits per heavy atom. The first kappa shape index (κ1) is 19.0. The third kappa shape index (κ3) is 4.23. The summed E-state index contributed by atoms with van der Waals surface area (Å²) in [5.74, 6) is 0.852. The molecule has 6 nitrogen and oxygen atoms in total. The molecular formula is C20H27ClN2O4. The van der Waals surface area contributed by atoms with Gasteiger partial charge in [0, 0.05) is 37.3 Å². The number of ether oxygens (including phenoxy) is 2. The molecule has 2 heterocycles. The Morgan fingerprint density at radius 1 is 1.33 bits per heavy atom. The zero-order valence-corrected chi connectivity index (χ0v) is 16.2. The molecule has 2 unspecified atom stereocenters. The summed E-state index contributed by atoms with van der Waals surface area (Å²) >= 11 is 6.21. The van der Waals surface area contributed by atoms with Gasteiger partial charge in [-0.3, -0.25) is 4.79 Å². The number of nitrogens with zero attached hydrogens (tertiary/aromatic N) is 1. The van der Waals surface area contributed by atoms with Crippen LogP contribution in [-0.4, -0.2) is 48.5 Å². The Labute approximate surface area is 164 Å². The van der Waals surface area contributed by atoms with Crippen molar-refractivity contribution in [1.82, 2.24) is 10.3 Å². The van der Waals surface area contributed by atoms with Crippen LogP contribution in [0.5, 0.6) is 5.88 Å². The number of hydrogen-bond donors (Lipinski definition) is 2. The number of carbonyl (C=O) groups excluding carboxylic acids is 1. The van der Waals surface area contributed by atoms with E-state index in [9.17, 15) is 9.90 Å². The van der Waals surface area contributed by atoms with Gasteiger partial charge in [0.15, 0.2) is 0 Å². The van der Waals surface area contributed by atoms with E-state index in [4.69, 9.17) is 21.1 Å². The molecule has 1 aromatic rings. The minimum absolute atomic E-state index is 0.0287. The van der Waals surface area contributed by atoms with Gasteiger partial charge < -0.3 is 19.9 Å². The first-order valence-electron chi connectivity index (χ1n) is 9.90. The van der Waals surface area contributed by atoms with E-state index in [2.05, 4.69) is 10.3 Å². The number of amides is 1. The Balaban J connectivity index is 1.30. The number of aliphatic hydroxyl groups is 1. The maximum Gasteiger partial charge on any atom is 0.252 e. The monoisotopic (exact) mass is 394 g/mol. The Bertz CT molecular complexity index is 689. The summed E-state index contributed by atoms with van der Waals surface area (Å²) in [6, 6.07) is 1.59. The molecule has 7 heteroatoms. The Kier molecular flexibility index (Phi) is 5.58. The topological polar surface area (TPSA) is 80.7 Å². The summed E-state index contributed by atoms with van der Waals surface area (Å²) in [5, 5.41) is 14.1. The van der Waals surface area contributed by atoms with Gasteiger partial charge in [0.05, 0.1) is 18.3 Å². The highest BCUT2D eigenvalue weighted by Gasteiger charge is 2.48. The van der Waals surface area contributed by atoms with Crippen molar-refractivity contribution in [3.05, 3.63) is 22.8 Å². The fourth-order valence-corrected chi connectivity index (χ4v) is 4.50. The van der Waals surface area contributed by atoms with E-state index >= 15 is 0 Å². The number of aliphatic hydroxyl groups excluding tert-OH is 1. The second-order valence-corrected chi connectivity index (χ2v) is 8.60. The number of rotatable bonds is 6. The molecule has 4 rings (SSSR count). The normalized spacial score (nSPS) is 26.9. The average molecular weight is 395 g/mol. The minimum atomic E-state index is -0.387. The summed E-state index contributed by atoms with van der Waals surface area (Å²) in [6.45, 7) is 2.52. The van der Waals surface area contributed by atoms with Gasteiger partial charge in [0.2, 0.25) is 5.88 Å². The molecule has 1 aromatic heterocycles. The van der Waals surface area contributed by atoms with E-state index in [0.29, 0.717) is 35.5 Å². The van der Waals surface area contributed by atoms with Crippen LogP contribution in [0.2, 0.25) is 5.02 Å². The van der Waals surface area contributed by atoms with Gasteiger partial charge in [-0.2, -0.15) is 0 Å². The van der Waals surface area contributed by atoms with Crippen molar-refractivity contribution in [2.24, 2.45) is 17.3 Å². The van der Waals surface area contributed by atoms with E-state index in [0.717, 1.165) is 38.9 Å². The van der Waals surface area contributed by atoms with E-state index in [1.54, 1.807) is 6.07 Å². The molecule has 0 radical (unpaired) electrons. The first-order chi connectivity index (χ1) is 13.1. The van der Waals surface area contributed by atoms with Crippen molar-refractivity contribution in [1.29, 1.82) is 0 Å². The molecule has 148 valence electrons. The number of carbonyl (C=O) groups is 1. The standard InChI is InChI=1S/C20H27ClN2O4/c21-16-9-15(11-23-19(16)27-12-13-1-2-13)18(25)22-10-14-3-4-20(17(14)24)5-7-26-8-6-20/h9,11,13-14,17,24H,1-8,10,12H2,(H,22,25). The van der Waals surface area contributed by atoms with Crippen molar-refractivity contribution >= 4 is 17.5 Å². The predicted molar refractivity (Wildman–Crippen MR) is 101 cm³/mol. The van der Waals surface area contributed by atoms with Crippen molar-refractivity contribution in [2.75, 3.05) is 26.4 Å². The molecule has 2 saturated carbocycles. The largest absolute Gasteiger partial charge is 0.476 e. The van der Waals surface area contributed by atoms with Gasteiger partial charge in [-0.25, -0.2) is 4.98 Å². The van der Waals surface area contributed by atoms with Crippen LogP contribution >= 0.6 is 11.6 Å². The van der Waals surface area contributed by atoms with Crippen LogP contribution in [-0.2, 0) is 4.74 Å². The van der Waals surface area contributed by atoms with Gasteiger partial charge in [-0.1, -0.05) is 11.6 Å². The molecule has 2 atom stereocenters. The molecule has 1 spiro atoms. The van der Waals surface area contributed by atoms with Gasteiger partial charge >= 0.3 is 0 Å². The van der Waals surface area contributed by atoms with E-state index in [-0.39, 0.29) is 23.3 Å². The molecule has 3 fully saturated rings. The highest BCUT2D eigenvalue weighted by Crippen LogP contribution is 2.48. The maximum absolute atomic E-state index is 12.5. The first-order valence-corrected chi connectivity index (χ1v) is 10.3. The van der Waals surface area contributed by atoms with Gasteiger partial charge in [0.25, 0.3) is 5.91 Å². The zero-order valence-electron chi connectivity index (χ0n) is 15.5. The Morgan fingerprint density at radius 2 is 2.11 bits per heavy atom. The third-order valence-corrected chi connectivity index (χ3v) is 6.59. The van der Waals surface area contributed by atoms with Crippen LogP contribution in [0, 0.1) is 17.3 Å². The van der Waals surface area contributed by atoms with Crippen LogP contribution in [0.1, 0.15) is 48.9 Å². The summed E-state index contributed by atoms with van der Waals surface area (Å²) < 4.78 is 11.0. The summed E-state index contributed by atoms with van der Waals surface area (Å²) in [6.07, 6.45) is 7.22. The van der Waals surface area contributed by atoms with Crippen LogP contribution in [0.25, 0.3) is 0 Å². The number of nitrogens with one attached hydrogen (secondary N) is 1. The maximum atomic E-state index is 12.5. The predicted octanol–water partition coefficient (Wildman–Crippen LogP) is 2.82. The van der Waals surface area contributed by atoms with Gasteiger partial charge in [0.1, 0.15) is 5.02 Å². The van der Waals surface area contributed by atoms with Crippen LogP contribution in [0.3, 0.4) is 0 Å². The summed E-state index contributed by atoms with van der Waals surface area (Å²) in [5.41, 5.74) is 0.381. The summed E-state index contributed by atoms with van der Waals surface area (Å²) in [7, 11) is 0. The second kappa shape index (κ2) is 7.94. The van der Waals surface area contributed by atoms with Crippen molar-refractivity contribution < 1.29 is 19.4 Å². The van der Waals surface area contributed by atoms with Crippen molar-refractivity contribution in [2.45, 2.75) is 44.6 Å².